The van der Waals surface area contributed by atoms with E-state index in [2.05, 4.69) is 10.6 Å². The molecule has 0 radical (unpaired) electrons. The van der Waals surface area contributed by atoms with Gasteiger partial charge in [0.25, 0.3) is 0 Å². The van der Waals surface area contributed by atoms with Crippen molar-refractivity contribution in [2.45, 2.75) is 45.4 Å². The zero-order chi connectivity index (χ0) is 14.4. The van der Waals surface area contributed by atoms with Gasteiger partial charge in [-0.1, -0.05) is 38.2 Å². The molecule has 1 fully saturated rings. The van der Waals surface area contributed by atoms with E-state index in [1.165, 1.54) is 32.1 Å². The first-order chi connectivity index (χ1) is 9.65. The normalized spacial score (nSPS) is 15.8. The van der Waals surface area contributed by atoms with Crippen molar-refractivity contribution >= 4 is 17.4 Å². The molecule has 2 rings (SSSR count). The number of amides is 2. The molecule has 2 amide bonds. The van der Waals surface area contributed by atoms with Crippen molar-refractivity contribution in [3.63, 3.8) is 0 Å². The van der Waals surface area contributed by atoms with Gasteiger partial charge in [0.2, 0.25) is 0 Å². The van der Waals surface area contributed by atoms with E-state index in [0.29, 0.717) is 11.4 Å². The average molecular weight is 275 g/mol. The molecule has 1 saturated carbocycles. The zero-order valence-electron chi connectivity index (χ0n) is 12.2. The van der Waals surface area contributed by atoms with E-state index in [1.54, 1.807) is 0 Å². The van der Waals surface area contributed by atoms with Crippen LogP contribution in [0.25, 0.3) is 0 Å². The fourth-order valence-corrected chi connectivity index (χ4v) is 2.83. The number of nitrogens with one attached hydrogen (secondary N) is 2. The molecule has 1 aromatic rings. The van der Waals surface area contributed by atoms with Gasteiger partial charge >= 0.3 is 6.03 Å². The molecule has 1 aromatic carbocycles. The van der Waals surface area contributed by atoms with Crippen molar-refractivity contribution in [2.75, 3.05) is 17.6 Å². The van der Waals surface area contributed by atoms with Crippen molar-refractivity contribution in [3.05, 3.63) is 23.8 Å². The van der Waals surface area contributed by atoms with Crippen LogP contribution in [0.2, 0.25) is 0 Å². The molecule has 4 nitrogen and oxygen atoms in total. The molecular formula is C16H25N3O. The van der Waals surface area contributed by atoms with Gasteiger partial charge in [-0.15, -0.1) is 0 Å². The Hall–Kier alpha value is -1.71. The lowest BCUT2D eigenvalue weighted by Crippen LogP contribution is -2.31. The number of hydrogen-bond donors (Lipinski definition) is 3. The molecule has 0 spiro atoms. The molecule has 4 heteroatoms. The van der Waals surface area contributed by atoms with Crippen LogP contribution in [0.1, 0.15) is 44.1 Å². The third-order valence-corrected chi connectivity index (χ3v) is 4.02. The number of rotatable bonds is 4. The summed E-state index contributed by atoms with van der Waals surface area (Å²) in [4.78, 5) is 11.8. The highest BCUT2D eigenvalue weighted by Gasteiger charge is 2.13. The van der Waals surface area contributed by atoms with Crippen LogP contribution in [0.3, 0.4) is 0 Å². The summed E-state index contributed by atoms with van der Waals surface area (Å²) < 4.78 is 0. The lowest BCUT2D eigenvalue weighted by Gasteiger charge is -2.21. The highest BCUT2D eigenvalue weighted by Crippen LogP contribution is 2.25. The summed E-state index contributed by atoms with van der Waals surface area (Å²) in [6.45, 7) is 2.71. The van der Waals surface area contributed by atoms with Gasteiger partial charge in [-0.3, -0.25) is 0 Å². The Balaban J connectivity index is 1.72. The zero-order valence-corrected chi connectivity index (χ0v) is 12.2. The number of carbonyl (C=O) groups is 1. The van der Waals surface area contributed by atoms with Crippen molar-refractivity contribution in [1.82, 2.24) is 5.32 Å². The lowest BCUT2D eigenvalue weighted by molar-refractivity contribution is 0.250. The fourth-order valence-electron chi connectivity index (χ4n) is 2.83. The molecule has 1 aliphatic rings. The molecular weight excluding hydrogens is 250 g/mol. The molecule has 4 N–H and O–H groups in total. The summed E-state index contributed by atoms with van der Waals surface area (Å²) in [5.41, 5.74) is 8.24. The maximum absolute atomic E-state index is 11.8. The van der Waals surface area contributed by atoms with Crippen molar-refractivity contribution in [1.29, 1.82) is 0 Å². The van der Waals surface area contributed by atoms with Gasteiger partial charge in [-0.05, 0) is 37.0 Å². The second-order valence-electron chi connectivity index (χ2n) is 5.76. The van der Waals surface area contributed by atoms with Crippen LogP contribution in [0.4, 0.5) is 16.2 Å². The Morgan fingerprint density at radius 1 is 1.30 bits per heavy atom. The van der Waals surface area contributed by atoms with E-state index >= 15 is 0 Å². The summed E-state index contributed by atoms with van der Waals surface area (Å²) in [5, 5.41) is 5.71. The monoisotopic (exact) mass is 275 g/mol. The number of hydrogen-bond acceptors (Lipinski definition) is 2. The third-order valence-electron chi connectivity index (χ3n) is 4.02. The summed E-state index contributed by atoms with van der Waals surface area (Å²) in [6, 6.07) is 5.47. The minimum absolute atomic E-state index is 0.170. The van der Waals surface area contributed by atoms with Gasteiger partial charge in [0, 0.05) is 6.54 Å². The second kappa shape index (κ2) is 7.17. The van der Waals surface area contributed by atoms with Crippen LogP contribution in [0.5, 0.6) is 0 Å². The Bertz CT molecular complexity index is 453. The van der Waals surface area contributed by atoms with E-state index < -0.39 is 0 Å². The first-order valence-electron chi connectivity index (χ1n) is 7.56. The molecule has 0 heterocycles. The number of nitrogens with two attached hydrogens (primary N) is 1. The summed E-state index contributed by atoms with van der Waals surface area (Å²) in [6.07, 6.45) is 7.77. The highest BCUT2D eigenvalue weighted by atomic mass is 16.2. The van der Waals surface area contributed by atoms with Gasteiger partial charge in [0.15, 0.2) is 0 Å². The number of nitrogen functional groups attached to an aromatic ring is 1. The van der Waals surface area contributed by atoms with Gasteiger partial charge in [-0.2, -0.15) is 0 Å². The number of aryl methyl sites for hydroxylation is 1. The highest BCUT2D eigenvalue weighted by molar-refractivity contribution is 5.92. The van der Waals surface area contributed by atoms with Gasteiger partial charge < -0.3 is 16.4 Å². The minimum atomic E-state index is -0.170. The topological polar surface area (TPSA) is 67.2 Å². The Kier molecular flexibility index (Phi) is 5.27. The first-order valence-corrected chi connectivity index (χ1v) is 7.56. The Labute approximate surface area is 121 Å². The predicted octanol–water partition coefficient (Wildman–Crippen LogP) is 3.67. The smallest absolute Gasteiger partial charge is 0.319 e. The van der Waals surface area contributed by atoms with Gasteiger partial charge in [0.05, 0.1) is 11.4 Å². The minimum Gasteiger partial charge on any atom is -0.397 e. The van der Waals surface area contributed by atoms with Crippen LogP contribution in [-0.4, -0.2) is 12.6 Å². The molecule has 0 aliphatic heterocycles. The van der Waals surface area contributed by atoms with E-state index in [4.69, 9.17) is 5.73 Å². The second-order valence-corrected chi connectivity index (χ2v) is 5.76. The predicted molar refractivity (Wildman–Crippen MR) is 83.8 cm³/mol. The maximum atomic E-state index is 11.8. The first kappa shape index (κ1) is 14.7. The summed E-state index contributed by atoms with van der Waals surface area (Å²) >= 11 is 0. The van der Waals surface area contributed by atoms with Crippen LogP contribution >= 0.6 is 0 Å². The molecule has 20 heavy (non-hydrogen) atoms. The molecule has 0 atom stereocenters. The Morgan fingerprint density at radius 2 is 2.05 bits per heavy atom. The number of benzene rings is 1. The van der Waals surface area contributed by atoms with Crippen LogP contribution in [-0.2, 0) is 0 Å². The Morgan fingerprint density at radius 3 is 2.75 bits per heavy atom. The van der Waals surface area contributed by atoms with E-state index in [9.17, 15) is 4.79 Å². The fraction of sp³-hybridized carbons (Fsp3) is 0.562. The number of anilines is 2. The maximum Gasteiger partial charge on any atom is 0.319 e. The van der Waals surface area contributed by atoms with Crippen LogP contribution in [0.15, 0.2) is 18.2 Å². The quantitative estimate of drug-likeness (QED) is 0.734. The van der Waals surface area contributed by atoms with Crippen LogP contribution < -0.4 is 16.4 Å². The van der Waals surface area contributed by atoms with E-state index in [1.807, 2.05) is 25.1 Å². The standard InChI is InChI=1S/C16H25N3O/c1-12-7-8-15(14(17)11-12)19-16(20)18-10-9-13-5-3-2-4-6-13/h7-8,11,13H,2-6,9-10,17H2,1H3,(H2,18,19,20). The largest absolute Gasteiger partial charge is 0.397 e. The average Bonchev–Trinajstić information content (AvgIpc) is 2.43. The molecule has 0 aromatic heterocycles. The summed E-state index contributed by atoms with van der Waals surface area (Å²) in [5.74, 6) is 0.786. The molecule has 110 valence electrons. The number of carbonyl (C=O) groups excluding carboxylic acids is 1. The molecule has 0 saturated heterocycles. The molecule has 1 aliphatic carbocycles. The SMILES string of the molecule is Cc1ccc(NC(=O)NCCC2CCCCC2)c(N)c1. The van der Waals surface area contributed by atoms with E-state index in [-0.39, 0.29) is 6.03 Å². The lowest BCUT2D eigenvalue weighted by atomic mass is 9.87. The molecule has 0 bridgehead atoms. The van der Waals surface area contributed by atoms with Crippen LogP contribution in [0, 0.1) is 12.8 Å². The molecule has 0 unspecified atom stereocenters. The number of urea groups is 1. The van der Waals surface area contributed by atoms with E-state index in [0.717, 1.165) is 24.4 Å². The van der Waals surface area contributed by atoms with Gasteiger partial charge in [0.1, 0.15) is 0 Å². The third kappa shape index (κ3) is 4.44. The van der Waals surface area contributed by atoms with Gasteiger partial charge in [-0.25, -0.2) is 4.79 Å². The van der Waals surface area contributed by atoms with Crippen molar-refractivity contribution in [2.24, 2.45) is 5.92 Å². The summed E-state index contributed by atoms with van der Waals surface area (Å²) in [7, 11) is 0. The van der Waals surface area contributed by atoms with Crippen molar-refractivity contribution < 1.29 is 4.79 Å². The van der Waals surface area contributed by atoms with Crippen molar-refractivity contribution in [3.8, 4) is 0 Å².